The molecule has 2 aromatic carbocycles. The molecule has 1 aliphatic rings. The fraction of sp³-hybridized carbons (Fsp3) is 0.381. The van der Waals surface area contributed by atoms with Crippen molar-refractivity contribution in [3.63, 3.8) is 0 Å². The van der Waals surface area contributed by atoms with E-state index in [0.29, 0.717) is 10.7 Å². The fourth-order valence-corrected chi connectivity index (χ4v) is 5.04. The molecule has 1 amide bonds. The molecule has 0 bridgehead atoms. The molecule has 8 heteroatoms. The molecule has 156 valence electrons. The fourth-order valence-electron chi connectivity index (χ4n) is 3.43. The van der Waals surface area contributed by atoms with Crippen molar-refractivity contribution >= 4 is 33.2 Å². The molecule has 3 rings (SSSR count). The molecule has 1 saturated heterocycles. The molecule has 1 aliphatic heterocycles. The first-order valence-electron chi connectivity index (χ1n) is 9.59. The standard InChI is InChI=1S/C21H26ClN3O3S/c1-16-5-3-4-6-20(16)25(29(27,28)19-9-7-17(22)8-10-19)15-21(26)23-18-11-13-24(2)14-12-18/h3-10,18H,11-15H2,1-2H3,(H,23,26). The summed E-state index contributed by atoms with van der Waals surface area (Å²) >= 11 is 5.91. The molecule has 6 nitrogen and oxygen atoms in total. The van der Waals surface area contributed by atoms with E-state index in [1.165, 1.54) is 28.6 Å². The number of carbonyl (C=O) groups is 1. The number of likely N-dealkylation sites (tertiary alicyclic amines) is 1. The van der Waals surface area contributed by atoms with Crippen molar-refractivity contribution in [2.24, 2.45) is 0 Å². The molecule has 0 radical (unpaired) electrons. The molecule has 1 N–H and O–H groups in total. The third kappa shape index (κ3) is 5.29. The van der Waals surface area contributed by atoms with Gasteiger partial charge in [-0.1, -0.05) is 29.8 Å². The Balaban J connectivity index is 1.87. The highest BCUT2D eigenvalue weighted by atomic mass is 35.5. The lowest BCUT2D eigenvalue weighted by Crippen LogP contribution is -2.48. The first-order chi connectivity index (χ1) is 13.8. The normalized spacial score (nSPS) is 15.8. The summed E-state index contributed by atoms with van der Waals surface area (Å²) in [5.41, 5.74) is 1.26. The molecule has 0 spiro atoms. The minimum absolute atomic E-state index is 0.0654. The number of carbonyl (C=O) groups excluding carboxylic acids is 1. The lowest BCUT2D eigenvalue weighted by atomic mass is 10.1. The van der Waals surface area contributed by atoms with Crippen molar-refractivity contribution in [2.45, 2.75) is 30.7 Å². The van der Waals surface area contributed by atoms with Crippen molar-refractivity contribution in [3.8, 4) is 0 Å². The molecule has 1 heterocycles. The van der Waals surface area contributed by atoms with Gasteiger partial charge in [-0.2, -0.15) is 0 Å². The van der Waals surface area contributed by atoms with Gasteiger partial charge in [0.25, 0.3) is 10.0 Å². The first kappa shape index (κ1) is 21.6. The number of nitrogens with one attached hydrogen (secondary N) is 1. The Morgan fingerprint density at radius 3 is 2.38 bits per heavy atom. The van der Waals surface area contributed by atoms with Crippen molar-refractivity contribution in [1.29, 1.82) is 0 Å². The van der Waals surface area contributed by atoms with Gasteiger partial charge in [0, 0.05) is 11.1 Å². The second-order valence-corrected chi connectivity index (χ2v) is 9.70. The van der Waals surface area contributed by atoms with Crippen LogP contribution < -0.4 is 9.62 Å². The molecule has 1 fully saturated rings. The summed E-state index contributed by atoms with van der Waals surface area (Å²) in [7, 11) is -1.88. The third-order valence-corrected chi connectivity index (χ3v) is 7.18. The number of benzene rings is 2. The van der Waals surface area contributed by atoms with Crippen LogP contribution in [0.2, 0.25) is 5.02 Å². The first-order valence-corrected chi connectivity index (χ1v) is 11.4. The molecule has 0 aromatic heterocycles. The number of nitrogens with zero attached hydrogens (tertiary/aromatic N) is 2. The van der Waals surface area contributed by atoms with Crippen LogP contribution in [0.4, 0.5) is 5.69 Å². The zero-order valence-electron chi connectivity index (χ0n) is 16.6. The highest BCUT2D eigenvalue weighted by Crippen LogP contribution is 2.27. The number of para-hydroxylation sites is 1. The van der Waals surface area contributed by atoms with E-state index in [1.807, 2.05) is 19.1 Å². The van der Waals surface area contributed by atoms with Crippen molar-refractivity contribution in [2.75, 3.05) is 31.0 Å². The van der Waals surface area contributed by atoms with E-state index in [9.17, 15) is 13.2 Å². The number of hydrogen-bond donors (Lipinski definition) is 1. The summed E-state index contributed by atoms with van der Waals surface area (Å²) < 4.78 is 27.9. The van der Waals surface area contributed by atoms with E-state index in [0.717, 1.165) is 31.5 Å². The van der Waals surface area contributed by atoms with Gasteiger partial charge in [0.2, 0.25) is 5.91 Å². The van der Waals surface area contributed by atoms with Crippen molar-refractivity contribution in [1.82, 2.24) is 10.2 Å². The Morgan fingerprint density at radius 2 is 1.76 bits per heavy atom. The molecule has 2 aromatic rings. The SMILES string of the molecule is Cc1ccccc1N(CC(=O)NC1CCN(C)CC1)S(=O)(=O)c1ccc(Cl)cc1. The molecule has 0 unspecified atom stereocenters. The number of piperidine rings is 1. The van der Waals surface area contributed by atoms with Gasteiger partial charge < -0.3 is 10.2 Å². The number of rotatable bonds is 6. The quantitative estimate of drug-likeness (QED) is 0.757. The van der Waals surface area contributed by atoms with E-state index in [2.05, 4.69) is 17.3 Å². The lowest BCUT2D eigenvalue weighted by molar-refractivity contribution is -0.120. The molecular weight excluding hydrogens is 410 g/mol. The Bertz CT molecular complexity index is 955. The minimum atomic E-state index is -3.93. The zero-order chi connectivity index (χ0) is 21.0. The highest BCUT2D eigenvalue weighted by Gasteiger charge is 2.29. The average Bonchev–Trinajstić information content (AvgIpc) is 2.69. The predicted molar refractivity (Wildman–Crippen MR) is 116 cm³/mol. The van der Waals surface area contributed by atoms with E-state index in [4.69, 9.17) is 11.6 Å². The summed E-state index contributed by atoms with van der Waals surface area (Å²) in [6, 6.07) is 13.2. The van der Waals surface area contributed by atoms with E-state index in [-0.39, 0.29) is 23.4 Å². The number of anilines is 1. The molecular formula is C21H26ClN3O3S. The molecule has 0 saturated carbocycles. The number of hydrogen-bond acceptors (Lipinski definition) is 4. The number of halogens is 1. The van der Waals surface area contributed by atoms with Crippen molar-refractivity contribution < 1.29 is 13.2 Å². The van der Waals surface area contributed by atoms with Crippen LogP contribution in [0.25, 0.3) is 0 Å². The van der Waals surface area contributed by atoms with Gasteiger partial charge in [0.1, 0.15) is 6.54 Å². The topological polar surface area (TPSA) is 69.7 Å². The second kappa shape index (κ2) is 9.15. The van der Waals surface area contributed by atoms with E-state index >= 15 is 0 Å². The summed E-state index contributed by atoms with van der Waals surface area (Å²) in [6.45, 7) is 3.38. The number of sulfonamides is 1. The van der Waals surface area contributed by atoms with Crippen LogP contribution >= 0.6 is 11.6 Å². The molecule has 0 atom stereocenters. The monoisotopic (exact) mass is 435 g/mol. The van der Waals surface area contributed by atoms with Crippen LogP contribution in [0.1, 0.15) is 18.4 Å². The van der Waals surface area contributed by atoms with Gasteiger partial charge in [-0.3, -0.25) is 9.10 Å². The third-order valence-electron chi connectivity index (χ3n) is 5.16. The predicted octanol–water partition coefficient (Wildman–Crippen LogP) is 3.05. The van der Waals surface area contributed by atoms with Gasteiger partial charge in [-0.05, 0) is 75.8 Å². The van der Waals surface area contributed by atoms with E-state index < -0.39 is 10.0 Å². The smallest absolute Gasteiger partial charge is 0.264 e. The van der Waals surface area contributed by atoms with Crippen LogP contribution in [0.5, 0.6) is 0 Å². The van der Waals surface area contributed by atoms with Gasteiger partial charge in [0.05, 0.1) is 10.6 Å². The second-order valence-electron chi connectivity index (χ2n) is 7.40. The van der Waals surface area contributed by atoms with Gasteiger partial charge in [-0.15, -0.1) is 0 Å². The van der Waals surface area contributed by atoms with E-state index in [1.54, 1.807) is 12.1 Å². The maximum atomic E-state index is 13.4. The van der Waals surface area contributed by atoms with Crippen molar-refractivity contribution in [3.05, 3.63) is 59.1 Å². The van der Waals surface area contributed by atoms with Gasteiger partial charge in [-0.25, -0.2) is 8.42 Å². The molecule has 0 aliphatic carbocycles. The lowest BCUT2D eigenvalue weighted by Gasteiger charge is -2.31. The maximum absolute atomic E-state index is 13.4. The zero-order valence-corrected chi connectivity index (χ0v) is 18.2. The Morgan fingerprint density at radius 1 is 1.14 bits per heavy atom. The minimum Gasteiger partial charge on any atom is -0.352 e. The summed E-state index contributed by atoms with van der Waals surface area (Å²) in [5.74, 6) is -0.305. The Labute approximate surface area is 177 Å². The average molecular weight is 436 g/mol. The summed E-state index contributed by atoms with van der Waals surface area (Å²) in [6.07, 6.45) is 1.72. The summed E-state index contributed by atoms with van der Waals surface area (Å²) in [5, 5.41) is 3.45. The Hall–Kier alpha value is -2.09. The van der Waals surface area contributed by atoms with Gasteiger partial charge in [0.15, 0.2) is 0 Å². The summed E-state index contributed by atoms with van der Waals surface area (Å²) in [4.78, 5) is 15.1. The number of amides is 1. The van der Waals surface area contributed by atoms with Crippen LogP contribution in [0.15, 0.2) is 53.4 Å². The number of aryl methyl sites for hydroxylation is 1. The largest absolute Gasteiger partial charge is 0.352 e. The Kier molecular flexibility index (Phi) is 6.82. The van der Waals surface area contributed by atoms with Crippen LogP contribution in [-0.2, 0) is 14.8 Å². The highest BCUT2D eigenvalue weighted by molar-refractivity contribution is 7.92. The van der Waals surface area contributed by atoms with Crippen LogP contribution in [0.3, 0.4) is 0 Å². The van der Waals surface area contributed by atoms with Crippen LogP contribution in [-0.4, -0.2) is 51.9 Å². The molecule has 29 heavy (non-hydrogen) atoms. The van der Waals surface area contributed by atoms with Gasteiger partial charge >= 0.3 is 0 Å². The maximum Gasteiger partial charge on any atom is 0.264 e. The van der Waals surface area contributed by atoms with Crippen LogP contribution in [0, 0.1) is 6.92 Å².